The van der Waals surface area contributed by atoms with Gasteiger partial charge in [0.2, 0.25) is 5.91 Å². The Balaban J connectivity index is 1.53. The molecule has 4 aromatic rings. The molecule has 30 heavy (non-hydrogen) atoms. The number of carbonyl (C=O) groups excluding carboxylic acids is 1. The number of amides is 1. The maximum absolute atomic E-state index is 12.5. The van der Waals surface area contributed by atoms with Gasteiger partial charge >= 0.3 is 0 Å². The Hall–Kier alpha value is -3.26. The lowest BCUT2D eigenvalue weighted by atomic mass is 10.1. The Morgan fingerprint density at radius 3 is 2.70 bits per heavy atom. The van der Waals surface area contributed by atoms with Crippen molar-refractivity contribution in [1.82, 2.24) is 14.8 Å². The van der Waals surface area contributed by atoms with Crippen LogP contribution < -0.4 is 5.32 Å². The van der Waals surface area contributed by atoms with Crippen LogP contribution in [0.2, 0.25) is 0 Å². The van der Waals surface area contributed by atoms with Crippen LogP contribution in [0.4, 0.5) is 5.69 Å². The van der Waals surface area contributed by atoms with Crippen molar-refractivity contribution in [2.75, 3.05) is 11.1 Å². The molecule has 0 fully saturated rings. The standard InChI is InChI=1S/C22H22N4O3S/c1-3-16-7-4-5-9-19(16)23-20(27)14-30-22-25-24-21(18-10-12-28-15(18)2)26(22)13-17-8-6-11-29-17/h4-12H,3,13-14H2,1-2H3,(H,23,27). The van der Waals surface area contributed by atoms with E-state index < -0.39 is 0 Å². The van der Waals surface area contributed by atoms with Crippen molar-refractivity contribution < 1.29 is 13.6 Å². The number of nitrogens with zero attached hydrogens (tertiary/aromatic N) is 3. The smallest absolute Gasteiger partial charge is 0.234 e. The number of carbonyl (C=O) groups is 1. The molecule has 0 atom stereocenters. The van der Waals surface area contributed by atoms with Gasteiger partial charge in [-0.05, 0) is 43.2 Å². The molecule has 0 bridgehead atoms. The fourth-order valence-electron chi connectivity index (χ4n) is 3.18. The highest BCUT2D eigenvalue weighted by Gasteiger charge is 2.19. The molecule has 0 spiro atoms. The molecule has 3 heterocycles. The number of rotatable bonds is 8. The number of benzene rings is 1. The van der Waals surface area contributed by atoms with Crippen molar-refractivity contribution in [3.8, 4) is 11.4 Å². The molecule has 154 valence electrons. The minimum Gasteiger partial charge on any atom is -0.469 e. The fourth-order valence-corrected chi connectivity index (χ4v) is 3.92. The van der Waals surface area contributed by atoms with Gasteiger partial charge in [0.1, 0.15) is 11.5 Å². The first-order chi connectivity index (χ1) is 14.7. The Morgan fingerprint density at radius 1 is 1.10 bits per heavy atom. The molecular weight excluding hydrogens is 400 g/mol. The summed E-state index contributed by atoms with van der Waals surface area (Å²) in [7, 11) is 0. The van der Waals surface area contributed by atoms with Gasteiger partial charge < -0.3 is 14.2 Å². The molecule has 0 unspecified atom stereocenters. The molecule has 1 amide bonds. The van der Waals surface area contributed by atoms with E-state index in [4.69, 9.17) is 8.83 Å². The van der Waals surface area contributed by atoms with Gasteiger partial charge in [-0.1, -0.05) is 36.9 Å². The zero-order chi connectivity index (χ0) is 20.9. The average Bonchev–Trinajstić information content (AvgIpc) is 3.49. The van der Waals surface area contributed by atoms with Gasteiger partial charge in [0.05, 0.1) is 30.4 Å². The molecule has 0 aliphatic rings. The average molecular weight is 423 g/mol. The van der Waals surface area contributed by atoms with Gasteiger partial charge in [-0.2, -0.15) is 0 Å². The summed E-state index contributed by atoms with van der Waals surface area (Å²) in [5.74, 6) is 2.35. The van der Waals surface area contributed by atoms with E-state index in [1.807, 2.05) is 54.0 Å². The topological polar surface area (TPSA) is 86.1 Å². The van der Waals surface area contributed by atoms with Crippen molar-refractivity contribution in [2.24, 2.45) is 0 Å². The van der Waals surface area contributed by atoms with Gasteiger partial charge in [0.15, 0.2) is 11.0 Å². The number of hydrogen-bond donors (Lipinski definition) is 1. The third kappa shape index (κ3) is 4.33. The Morgan fingerprint density at radius 2 is 1.97 bits per heavy atom. The summed E-state index contributed by atoms with van der Waals surface area (Å²) in [6.45, 7) is 4.41. The summed E-state index contributed by atoms with van der Waals surface area (Å²) in [5, 5.41) is 12.3. The summed E-state index contributed by atoms with van der Waals surface area (Å²) in [6, 6.07) is 13.4. The van der Waals surface area contributed by atoms with E-state index in [2.05, 4.69) is 22.4 Å². The summed E-state index contributed by atoms with van der Waals surface area (Å²) < 4.78 is 12.9. The summed E-state index contributed by atoms with van der Waals surface area (Å²) in [4.78, 5) is 12.5. The number of hydrogen-bond acceptors (Lipinski definition) is 6. The number of aryl methyl sites for hydroxylation is 2. The molecule has 4 rings (SSSR count). The first kappa shape index (κ1) is 20.0. The van der Waals surface area contributed by atoms with Crippen molar-refractivity contribution in [2.45, 2.75) is 32.0 Å². The van der Waals surface area contributed by atoms with Gasteiger partial charge in [-0.25, -0.2) is 0 Å². The van der Waals surface area contributed by atoms with Crippen LogP contribution in [-0.4, -0.2) is 26.4 Å². The molecule has 0 saturated carbocycles. The van der Waals surface area contributed by atoms with E-state index in [1.165, 1.54) is 11.8 Å². The first-order valence-corrected chi connectivity index (χ1v) is 10.6. The molecule has 0 radical (unpaired) electrons. The number of furan rings is 2. The minimum absolute atomic E-state index is 0.0884. The molecular formula is C22H22N4O3S. The lowest BCUT2D eigenvalue weighted by molar-refractivity contribution is -0.113. The Bertz CT molecular complexity index is 1130. The fraction of sp³-hybridized carbons (Fsp3) is 0.227. The lowest BCUT2D eigenvalue weighted by Gasteiger charge is -2.10. The van der Waals surface area contributed by atoms with Gasteiger partial charge in [-0.3, -0.25) is 9.36 Å². The van der Waals surface area contributed by atoms with E-state index in [-0.39, 0.29) is 11.7 Å². The largest absolute Gasteiger partial charge is 0.469 e. The van der Waals surface area contributed by atoms with Crippen LogP contribution in [0.3, 0.4) is 0 Å². The highest BCUT2D eigenvalue weighted by atomic mass is 32.2. The first-order valence-electron chi connectivity index (χ1n) is 9.66. The second kappa shape index (κ2) is 9.04. The number of anilines is 1. The van der Waals surface area contributed by atoms with E-state index in [1.54, 1.807) is 12.5 Å². The van der Waals surface area contributed by atoms with Crippen LogP contribution in [0.25, 0.3) is 11.4 Å². The van der Waals surface area contributed by atoms with E-state index in [0.29, 0.717) is 17.5 Å². The monoisotopic (exact) mass is 422 g/mol. The quantitative estimate of drug-likeness (QED) is 0.411. The van der Waals surface area contributed by atoms with E-state index in [0.717, 1.165) is 34.8 Å². The van der Waals surface area contributed by atoms with Crippen LogP contribution >= 0.6 is 11.8 Å². The molecule has 0 saturated heterocycles. The predicted octanol–water partition coefficient (Wildman–Crippen LogP) is 4.78. The Kier molecular flexibility index (Phi) is 6.04. The van der Waals surface area contributed by atoms with Gasteiger partial charge in [0.25, 0.3) is 0 Å². The third-order valence-corrected chi connectivity index (χ3v) is 5.68. The molecule has 8 heteroatoms. The maximum atomic E-state index is 12.5. The second-order valence-electron chi connectivity index (χ2n) is 6.71. The number of para-hydroxylation sites is 1. The van der Waals surface area contributed by atoms with Crippen LogP contribution in [0.1, 0.15) is 24.0 Å². The zero-order valence-electron chi connectivity index (χ0n) is 16.8. The molecule has 0 aliphatic carbocycles. The van der Waals surface area contributed by atoms with Crippen molar-refractivity contribution in [3.05, 3.63) is 72.1 Å². The maximum Gasteiger partial charge on any atom is 0.234 e. The highest BCUT2D eigenvalue weighted by Crippen LogP contribution is 2.28. The van der Waals surface area contributed by atoms with Crippen molar-refractivity contribution in [1.29, 1.82) is 0 Å². The Labute approximate surface area is 178 Å². The zero-order valence-corrected chi connectivity index (χ0v) is 17.6. The van der Waals surface area contributed by atoms with Crippen LogP contribution in [0.5, 0.6) is 0 Å². The van der Waals surface area contributed by atoms with Crippen LogP contribution in [0.15, 0.2) is 69.0 Å². The van der Waals surface area contributed by atoms with Gasteiger partial charge in [0, 0.05) is 5.69 Å². The molecule has 3 aromatic heterocycles. The highest BCUT2D eigenvalue weighted by molar-refractivity contribution is 7.99. The van der Waals surface area contributed by atoms with E-state index in [9.17, 15) is 4.79 Å². The van der Waals surface area contributed by atoms with E-state index >= 15 is 0 Å². The van der Waals surface area contributed by atoms with Gasteiger partial charge in [-0.15, -0.1) is 10.2 Å². The van der Waals surface area contributed by atoms with Crippen molar-refractivity contribution in [3.63, 3.8) is 0 Å². The van der Waals surface area contributed by atoms with Crippen molar-refractivity contribution >= 4 is 23.4 Å². The normalized spacial score (nSPS) is 11.0. The minimum atomic E-state index is -0.0884. The summed E-state index contributed by atoms with van der Waals surface area (Å²) >= 11 is 1.34. The summed E-state index contributed by atoms with van der Waals surface area (Å²) in [6.07, 6.45) is 4.12. The van der Waals surface area contributed by atoms with Crippen LogP contribution in [0, 0.1) is 6.92 Å². The second-order valence-corrected chi connectivity index (χ2v) is 7.65. The third-order valence-electron chi connectivity index (χ3n) is 4.72. The lowest BCUT2D eigenvalue weighted by Crippen LogP contribution is -2.16. The molecule has 0 aliphatic heterocycles. The molecule has 7 nitrogen and oxygen atoms in total. The summed E-state index contributed by atoms with van der Waals surface area (Å²) in [5.41, 5.74) is 2.81. The number of thioether (sulfide) groups is 1. The molecule has 1 N–H and O–H groups in total. The number of nitrogens with one attached hydrogen (secondary N) is 1. The predicted molar refractivity (Wildman–Crippen MR) is 115 cm³/mol. The number of aromatic nitrogens is 3. The van der Waals surface area contributed by atoms with Crippen LogP contribution in [-0.2, 0) is 17.8 Å². The SMILES string of the molecule is CCc1ccccc1NC(=O)CSc1nnc(-c2ccoc2C)n1Cc1ccco1. The molecule has 1 aromatic carbocycles.